The summed E-state index contributed by atoms with van der Waals surface area (Å²) in [6.45, 7) is 3.98. The van der Waals surface area contributed by atoms with E-state index in [9.17, 15) is 4.79 Å². The molecule has 0 bridgehead atoms. The minimum absolute atomic E-state index is 0.183. The number of nitrogens with zero attached hydrogens (tertiary/aromatic N) is 1. The molecule has 76 valence electrons. The number of carbonyl (C=O) groups excluding carboxylic acids is 1. The molecule has 1 fully saturated rings. The summed E-state index contributed by atoms with van der Waals surface area (Å²) >= 11 is 0. The Hall–Kier alpha value is -0.570. The highest BCUT2D eigenvalue weighted by atomic mass is 16.3. The van der Waals surface area contributed by atoms with E-state index in [0.717, 1.165) is 32.4 Å². The van der Waals surface area contributed by atoms with Gasteiger partial charge in [-0.3, -0.25) is 4.79 Å². The van der Waals surface area contributed by atoms with E-state index in [2.05, 4.69) is 6.92 Å². The summed E-state index contributed by atoms with van der Waals surface area (Å²) in [6.07, 6.45) is 3.75. The minimum atomic E-state index is 0.183. The maximum absolute atomic E-state index is 11.4. The normalized spacial score (nSPS) is 22.8. The molecule has 0 aromatic heterocycles. The number of hydrogen-bond acceptors (Lipinski definition) is 2. The van der Waals surface area contributed by atoms with Crippen LogP contribution in [0.3, 0.4) is 0 Å². The van der Waals surface area contributed by atoms with Crippen molar-refractivity contribution in [1.29, 1.82) is 0 Å². The standard InChI is InChI=1S/C10H19NO2/c1-2-4-9-7-10(13)11(8-9)5-3-6-12/h9,12H,2-8H2,1H3. The van der Waals surface area contributed by atoms with Crippen LogP contribution < -0.4 is 0 Å². The van der Waals surface area contributed by atoms with Gasteiger partial charge in [0.15, 0.2) is 0 Å². The van der Waals surface area contributed by atoms with Gasteiger partial charge in [-0.1, -0.05) is 13.3 Å². The Kier molecular flexibility index (Phi) is 4.22. The fourth-order valence-electron chi connectivity index (χ4n) is 1.93. The molecular formula is C10H19NO2. The number of likely N-dealkylation sites (tertiary alicyclic amines) is 1. The van der Waals surface area contributed by atoms with Gasteiger partial charge >= 0.3 is 0 Å². The Bertz CT molecular complexity index is 170. The first-order valence-corrected chi connectivity index (χ1v) is 5.16. The van der Waals surface area contributed by atoms with Crippen molar-refractivity contribution in [2.45, 2.75) is 32.6 Å². The summed E-state index contributed by atoms with van der Waals surface area (Å²) in [7, 11) is 0. The highest BCUT2D eigenvalue weighted by Crippen LogP contribution is 2.21. The zero-order valence-electron chi connectivity index (χ0n) is 8.33. The van der Waals surface area contributed by atoms with Gasteiger partial charge in [-0.2, -0.15) is 0 Å². The second kappa shape index (κ2) is 5.22. The summed E-state index contributed by atoms with van der Waals surface area (Å²) in [5.41, 5.74) is 0. The third kappa shape index (κ3) is 2.99. The van der Waals surface area contributed by atoms with E-state index < -0.39 is 0 Å². The lowest BCUT2D eigenvalue weighted by atomic mass is 10.0. The lowest BCUT2D eigenvalue weighted by Gasteiger charge is -2.15. The number of carbonyl (C=O) groups is 1. The van der Waals surface area contributed by atoms with Crippen molar-refractivity contribution in [2.24, 2.45) is 5.92 Å². The molecule has 0 spiro atoms. The van der Waals surface area contributed by atoms with Gasteiger partial charge in [0, 0.05) is 26.1 Å². The molecule has 3 nitrogen and oxygen atoms in total. The molecule has 1 atom stereocenters. The van der Waals surface area contributed by atoms with Crippen LogP contribution in [-0.2, 0) is 4.79 Å². The molecule has 1 unspecified atom stereocenters. The van der Waals surface area contributed by atoms with E-state index in [1.54, 1.807) is 0 Å². The van der Waals surface area contributed by atoms with Crippen LogP contribution in [0.25, 0.3) is 0 Å². The predicted molar refractivity (Wildman–Crippen MR) is 51.3 cm³/mol. The van der Waals surface area contributed by atoms with Crippen molar-refractivity contribution in [1.82, 2.24) is 4.90 Å². The van der Waals surface area contributed by atoms with Crippen LogP contribution in [0.2, 0.25) is 0 Å². The molecule has 1 saturated heterocycles. The molecule has 13 heavy (non-hydrogen) atoms. The Morgan fingerprint density at radius 2 is 2.38 bits per heavy atom. The van der Waals surface area contributed by atoms with Crippen molar-refractivity contribution in [3.8, 4) is 0 Å². The lowest BCUT2D eigenvalue weighted by Crippen LogP contribution is -2.26. The first kappa shape index (κ1) is 10.5. The largest absolute Gasteiger partial charge is 0.396 e. The van der Waals surface area contributed by atoms with E-state index in [1.807, 2.05) is 4.90 Å². The number of aliphatic hydroxyl groups is 1. The molecule has 1 amide bonds. The molecule has 1 rings (SSSR count). The van der Waals surface area contributed by atoms with Crippen molar-refractivity contribution in [2.75, 3.05) is 19.7 Å². The van der Waals surface area contributed by atoms with Crippen molar-refractivity contribution < 1.29 is 9.90 Å². The van der Waals surface area contributed by atoms with Crippen LogP contribution in [0, 0.1) is 5.92 Å². The Labute approximate surface area is 79.7 Å². The van der Waals surface area contributed by atoms with Crippen LogP contribution in [0.1, 0.15) is 32.6 Å². The Morgan fingerprint density at radius 1 is 1.62 bits per heavy atom. The van der Waals surface area contributed by atoms with Gasteiger partial charge in [0.1, 0.15) is 0 Å². The fraction of sp³-hybridized carbons (Fsp3) is 0.900. The zero-order chi connectivity index (χ0) is 9.68. The molecule has 0 saturated carbocycles. The molecule has 1 heterocycles. The summed E-state index contributed by atoms with van der Waals surface area (Å²) in [4.78, 5) is 13.3. The van der Waals surface area contributed by atoms with E-state index in [4.69, 9.17) is 5.11 Å². The van der Waals surface area contributed by atoms with Crippen molar-refractivity contribution >= 4 is 5.91 Å². The summed E-state index contributed by atoms with van der Waals surface area (Å²) in [6, 6.07) is 0. The Balaban J connectivity index is 2.28. The maximum atomic E-state index is 11.4. The van der Waals surface area contributed by atoms with Crippen LogP contribution in [0.4, 0.5) is 0 Å². The molecule has 3 heteroatoms. The highest BCUT2D eigenvalue weighted by Gasteiger charge is 2.27. The zero-order valence-corrected chi connectivity index (χ0v) is 8.33. The first-order chi connectivity index (χ1) is 6.27. The van der Waals surface area contributed by atoms with Gasteiger partial charge in [0.25, 0.3) is 0 Å². The van der Waals surface area contributed by atoms with Crippen molar-refractivity contribution in [3.05, 3.63) is 0 Å². The van der Waals surface area contributed by atoms with E-state index in [-0.39, 0.29) is 12.5 Å². The topological polar surface area (TPSA) is 40.5 Å². The Morgan fingerprint density at radius 3 is 3.00 bits per heavy atom. The van der Waals surface area contributed by atoms with Gasteiger partial charge in [-0.05, 0) is 18.8 Å². The van der Waals surface area contributed by atoms with E-state index >= 15 is 0 Å². The summed E-state index contributed by atoms with van der Waals surface area (Å²) in [5.74, 6) is 0.836. The second-order valence-electron chi connectivity index (χ2n) is 3.78. The monoisotopic (exact) mass is 185 g/mol. The molecule has 1 N–H and O–H groups in total. The summed E-state index contributed by atoms with van der Waals surface area (Å²) < 4.78 is 0. The average Bonchev–Trinajstić information content (AvgIpc) is 2.44. The lowest BCUT2D eigenvalue weighted by molar-refractivity contribution is -0.127. The van der Waals surface area contributed by atoms with Gasteiger partial charge in [-0.25, -0.2) is 0 Å². The fourth-order valence-corrected chi connectivity index (χ4v) is 1.93. The molecule has 0 aromatic rings. The molecular weight excluding hydrogens is 166 g/mol. The maximum Gasteiger partial charge on any atom is 0.222 e. The van der Waals surface area contributed by atoms with Gasteiger partial charge in [0.05, 0.1) is 0 Å². The second-order valence-corrected chi connectivity index (χ2v) is 3.78. The predicted octanol–water partition coefficient (Wildman–Crippen LogP) is 1.02. The van der Waals surface area contributed by atoms with Crippen LogP contribution >= 0.6 is 0 Å². The number of rotatable bonds is 5. The smallest absolute Gasteiger partial charge is 0.222 e. The third-order valence-electron chi connectivity index (χ3n) is 2.58. The van der Waals surface area contributed by atoms with Crippen molar-refractivity contribution in [3.63, 3.8) is 0 Å². The first-order valence-electron chi connectivity index (χ1n) is 5.16. The van der Waals surface area contributed by atoms with Crippen LogP contribution in [0.5, 0.6) is 0 Å². The molecule has 0 aromatic carbocycles. The summed E-state index contributed by atoms with van der Waals surface area (Å²) in [5, 5.41) is 8.64. The van der Waals surface area contributed by atoms with E-state index in [1.165, 1.54) is 0 Å². The SMILES string of the molecule is CCCC1CC(=O)N(CCCO)C1. The third-order valence-corrected chi connectivity index (χ3v) is 2.58. The molecule has 1 aliphatic rings. The highest BCUT2D eigenvalue weighted by molar-refractivity contribution is 5.78. The van der Waals surface area contributed by atoms with Crippen LogP contribution in [0.15, 0.2) is 0 Å². The number of amides is 1. The number of hydrogen-bond donors (Lipinski definition) is 1. The molecule has 0 aliphatic carbocycles. The molecule has 0 radical (unpaired) electrons. The van der Waals surface area contributed by atoms with E-state index in [0.29, 0.717) is 12.3 Å². The van der Waals surface area contributed by atoms with Crippen LogP contribution in [-0.4, -0.2) is 35.6 Å². The molecule has 1 aliphatic heterocycles. The minimum Gasteiger partial charge on any atom is -0.396 e. The van der Waals surface area contributed by atoms with Gasteiger partial charge in [0.2, 0.25) is 5.91 Å². The van der Waals surface area contributed by atoms with Gasteiger partial charge in [-0.15, -0.1) is 0 Å². The number of aliphatic hydroxyl groups excluding tert-OH is 1. The van der Waals surface area contributed by atoms with Gasteiger partial charge < -0.3 is 10.0 Å². The average molecular weight is 185 g/mol. The quantitative estimate of drug-likeness (QED) is 0.694.